The molecule has 1 N–H and O–H groups in total. The van der Waals surface area contributed by atoms with Gasteiger partial charge in [0.15, 0.2) is 5.82 Å². The molecule has 148 valence electrons. The van der Waals surface area contributed by atoms with Crippen LogP contribution in [0.3, 0.4) is 0 Å². The minimum atomic E-state index is -0.142. The lowest BCUT2D eigenvalue weighted by atomic mass is 10.1. The third-order valence-corrected chi connectivity index (χ3v) is 4.47. The summed E-state index contributed by atoms with van der Waals surface area (Å²) in [6, 6.07) is 6.92. The average Bonchev–Trinajstić information content (AvgIpc) is 2.68. The molecule has 1 saturated heterocycles. The molecule has 2 aromatic rings. The largest absolute Gasteiger partial charge is 0.470 e. The molecule has 1 unspecified atom stereocenters. The third-order valence-electron chi connectivity index (χ3n) is 4.47. The zero-order valence-corrected chi connectivity index (χ0v) is 16.4. The van der Waals surface area contributed by atoms with E-state index in [2.05, 4.69) is 15.3 Å². The molecule has 1 aliphatic heterocycles. The summed E-state index contributed by atoms with van der Waals surface area (Å²) < 4.78 is 6.07. The summed E-state index contributed by atoms with van der Waals surface area (Å²) in [6.45, 7) is 2.63. The summed E-state index contributed by atoms with van der Waals surface area (Å²) >= 11 is 0. The molecule has 1 fully saturated rings. The molecule has 0 saturated carbocycles. The number of nitrogens with zero attached hydrogens (tertiary/aromatic N) is 4. The number of rotatable bonds is 5. The second kappa shape index (κ2) is 8.69. The fourth-order valence-corrected chi connectivity index (χ4v) is 3.17. The Bertz CT molecular complexity index is 838. The van der Waals surface area contributed by atoms with Crippen molar-refractivity contribution in [1.82, 2.24) is 14.9 Å². The van der Waals surface area contributed by atoms with Gasteiger partial charge in [0.05, 0.1) is 6.54 Å². The lowest BCUT2D eigenvalue weighted by Gasteiger charge is -2.33. The fraction of sp³-hybridized carbons (Fsp3) is 0.400. The Morgan fingerprint density at radius 1 is 1.18 bits per heavy atom. The van der Waals surface area contributed by atoms with Gasteiger partial charge in [-0.25, -0.2) is 9.97 Å². The van der Waals surface area contributed by atoms with E-state index in [4.69, 9.17) is 4.74 Å². The third kappa shape index (κ3) is 4.76. The Labute approximate surface area is 164 Å². The van der Waals surface area contributed by atoms with Crippen molar-refractivity contribution in [3.63, 3.8) is 0 Å². The molecular formula is C20H25N5O3. The van der Waals surface area contributed by atoms with E-state index in [1.165, 1.54) is 6.92 Å². The smallest absolute Gasteiger partial charge is 0.257 e. The minimum Gasteiger partial charge on any atom is -0.470 e. The predicted octanol–water partition coefficient (Wildman–Crippen LogP) is 2.18. The second-order valence-corrected chi connectivity index (χ2v) is 6.97. The summed E-state index contributed by atoms with van der Waals surface area (Å²) in [4.78, 5) is 36.2. The lowest BCUT2D eigenvalue weighted by molar-refractivity contribution is -0.114. The van der Waals surface area contributed by atoms with Gasteiger partial charge in [-0.15, -0.1) is 0 Å². The topological polar surface area (TPSA) is 87.7 Å². The zero-order chi connectivity index (χ0) is 20.1. The number of carbonyl (C=O) groups is 2. The van der Waals surface area contributed by atoms with Crippen LogP contribution in [0.25, 0.3) is 0 Å². The van der Waals surface area contributed by atoms with E-state index in [1.807, 2.05) is 19.0 Å². The molecule has 1 aromatic heterocycles. The molecule has 8 nitrogen and oxygen atoms in total. The van der Waals surface area contributed by atoms with Crippen molar-refractivity contribution in [2.45, 2.75) is 25.9 Å². The Morgan fingerprint density at radius 2 is 1.89 bits per heavy atom. The number of likely N-dealkylation sites (tertiary alicyclic amines) is 1. The van der Waals surface area contributed by atoms with Crippen LogP contribution in [0.1, 0.15) is 30.1 Å². The Kier molecular flexibility index (Phi) is 6.08. The highest BCUT2D eigenvalue weighted by Gasteiger charge is 2.27. The average molecular weight is 383 g/mol. The Balaban J connectivity index is 1.66. The number of piperidine rings is 1. The van der Waals surface area contributed by atoms with Gasteiger partial charge in [0.2, 0.25) is 5.91 Å². The molecule has 2 heterocycles. The van der Waals surface area contributed by atoms with Crippen molar-refractivity contribution in [1.29, 1.82) is 0 Å². The van der Waals surface area contributed by atoms with Crippen LogP contribution in [0.15, 0.2) is 36.7 Å². The van der Waals surface area contributed by atoms with Gasteiger partial charge in [-0.05, 0) is 37.1 Å². The van der Waals surface area contributed by atoms with Crippen molar-refractivity contribution in [3.05, 3.63) is 42.2 Å². The predicted molar refractivity (Wildman–Crippen MR) is 107 cm³/mol. The maximum Gasteiger partial charge on any atom is 0.257 e. The number of amides is 2. The van der Waals surface area contributed by atoms with E-state index < -0.39 is 0 Å². The summed E-state index contributed by atoms with van der Waals surface area (Å²) in [5.74, 6) is 0.955. The first-order valence-electron chi connectivity index (χ1n) is 9.26. The number of nitrogens with one attached hydrogen (secondary N) is 1. The molecule has 3 rings (SSSR count). The van der Waals surface area contributed by atoms with Crippen molar-refractivity contribution in [3.8, 4) is 5.88 Å². The van der Waals surface area contributed by atoms with Crippen LogP contribution >= 0.6 is 0 Å². The van der Waals surface area contributed by atoms with Crippen molar-refractivity contribution >= 4 is 23.3 Å². The van der Waals surface area contributed by atoms with Gasteiger partial charge < -0.3 is 19.9 Å². The maximum absolute atomic E-state index is 12.9. The second-order valence-electron chi connectivity index (χ2n) is 6.97. The van der Waals surface area contributed by atoms with Gasteiger partial charge >= 0.3 is 0 Å². The van der Waals surface area contributed by atoms with Crippen LogP contribution in [-0.2, 0) is 4.79 Å². The van der Waals surface area contributed by atoms with Crippen LogP contribution in [0.4, 0.5) is 11.5 Å². The molecule has 0 bridgehead atoms. The monoisotopic (exact) mass is 383 g/mol. The molecule has 0 aliphatic carbocycles. The SMILES string of the molecule is CC(=O)Nc1ccc(C(=O)N2CCCC(Oc3nccnc3N(C)C)C2)cc1. The van der Waals surface area contributed by atoms with Crippen LogP contribution in [-0.4, -0.2) is 60.0 Å². The molecule has 0 radical (unpaired) electrons. The van der Waals surface area contributed by atoms with E-state index >= 15 is 0 Å². The van der Waals surface area contributed by atoms with Gasteiger partial charge in [0, 0.05) is 51.2 Å². The van der Waals surface area contributed by atoms with E-state index in [0.717, 1.165) is 12.8 Å². The highest BCUT2D eigenvalue weighted by molar-refractivity contribution is 5.95. The quantitative estimate of drug-likeness (QED) is 0.852. The lowest BCUT2D eigenvalue weighted by Crippen LogP contribution is -2.44. The van der Waals surface area contributed by atoms with Gasteiger partial charge in [0.1, 0.15) is 6.10 Å². The maximum atomic E-state index is 12.9. The van der Waals surface area contributed by atoms with E-state index in [9.17, 15) is 9.59 Å². The molecule has 8 heteroatoms. The number of benzene rings is 1. The minimum absolute atomic E-state index is 0.0466. The number of hydrogen-bond acceptors (Lipinski definition) is 6. The first-order chi connectivity index (χ1) is 13.4. The van der Waals surface area contributed by atoms with E-state index in [1.54, 1.807) is 41.6 Å². The van der Waals surface area contributed by atoms with Crippen molar-refractivity contribution in [2.24, 2.45) is 0 Å². The van der Waals surface area contributed by atoms with Gasteiger partial charge in [-0.1, -0.05) is 0 Å². The number of aromatic nitrogens is 2. The van der Waals surface area contributed by atoms with Gasteiger partial charge in [-0.3, -0.25) is 9.59 Å². The number of carbonyl (C=O) groups excluding carboxylic acids is 2. The molecule has 1 aliphatic rings. The molecule has 28 heavy (non-hydrogen) atoms. The van der Waals surface area contributed by atoms with Gasteiger partial charge in [-0.2, -0.15) is 0 Å². The van der Waals surface area contributed by atoms with Crippen LogP contribution in [0.2, 0.25) is 0 Å². The van der Waals surface area contributed by atoms with Crippen LogP contribution in [0.5, 0.6) is 5.88 Å². The molecule has 1 atom stereocenters. The van der Waals surface area contributed by atoms with Crippen molar-refractivity contribution in [2.75, 3.05) is 37.4 Å². The first kappa shape index (κ1) is 19.6. The number of hydrogen-bond donors (Lipinski definition) is 1. The standard InChI is InChI=1S/C20H25N5O3/c1-14(26)23-16-8-6-15(7-9-16)20(27)25-12-4-5-17(13-25)28-19-18(24(2)3)21-10-11-22-19/h6-11,17H,4-5,12-13H2,1-3H3,(H,23,26). The highest BCUT2D eigenvalue weighted by atomic mass is 16.5. The van der Waals surface area contributed by atoms with Crippen LogP contribution < -0.4 is 15.0 Å². The van der Waals surface area contributed by atoms with Crippen LogP contribution in [0, 0.1) is 0 Å². The fourth-order valence-electron chi connectivity index (χ4n) is 3.17. The first-order valence-corrected chi connectivity index (χ1v) is 9.26. The summed E-state index contributed by atoms with van der Waals surface area (Å²) in [5.41, 5.74) is 1.26. The van der Waals surface area contributed by atoms with E-state index in [-0.39, 0.29) is 17.9 Å². The van der Waals surface area contributed by atoms with Gasteiger partial charge in [0.25, 0.3) is 11.8 Å². The molecular weight excluding hydrogens is 358 g/mol. The molecule has 2 amide bonds. The Morgan fingerprint density at radius 3 is 2.57 bits per heavy atom. The number of ether oxygens (including phenoxy) is 1. The summed E-state index contributed by atoms with van der Waals surface area (Å²) in [7, 11) is 3.77. The molecule has 1 aromatic carbocycles. The zero-order valence-electron chi connectivity index (χ0n) is 16.4. The Hall–Kier alpha value is -3.16. The normalized spacial score (nSPS) is 16.4. The summed E-state index contributed by atoms with van der Waals surface area (Å²) in [6.07, 6.45) is 4.81. The van der Waals surface area contributed by atoms with Crippen molar-refractivity contribution < 1.29 is 14.3 Å². The van der Waals surface area contributed by atoms with E-state index in [0.29, 0.717) is 36.0 Å². The highest BCUT2D eigenvalue weighted by Crippen LogP contribution is 2.24. The summed E-state index contributed by atoms with van der Waals surface area (Å²) in [5, 5.41) is 2.70. The molecule has 0 spiro atoms. The number of anilines is 2.